The van der Waals surface area contributed by atoms with Crippen LogP contribution in [0.4, 0.5) is 0 Å². The number of likely N-dealkylation sites (tertiary alicyclic amines) is 1. The van der Waals surface area contributed by atoms with E-state index in [4.69, 9.17) is 25.5 Å². The van der Waals surface area contributed by atoms with Gasteiger partial charge < -0.3 is 19.2 Å². The van der Waals surface area contributed by atoms with E-state index in [9.17, 15) is 4.79 Å². The number of hydrogen-bond donors (Lipinski definition) is 1. The molecule has 1 fully saturated rings. The van der Waals surface area contributed by atoms with E-state index in [1.807, 2.05) is 36.4 Å². The molecule has 1 unspecified atom stereocenters. The molecule has 0 radical (unpaired) electrons. The molecule has 1 saturated heterocycles. The number of ether oxygens (including phenoxy) is 2. The van der Waals surface area contributed by atoms with Gasteiger partial charge in [0.05, 0.1) is 19.4 Å². The fraction of sp³-hybridized carbons (Fsp3) is 0.320. The summed E-state index contributed by atoms with van der Waals surface area (Å²) in [6.07, 6.45) is 4.00. The number of carbonyl (C=O) groups is 1. The highest BCUT2D eigenvalue weighted by atomic mass is 35.5. The summed E-state index contributed by atoms with van der Waals surface area (Å²) in [4.78, 5) is 15.2. The molecular weight excluding hydrogens is 428 g/mol. The van der Waals surface area contributed by atoms with E-state index >= 15 is 0 Å². The molecule has 1 amide bonds. The fourth-order valence-corrected chi connectivity index (χ4v) is 4.12. The molecule has 6 nitrogen and oxygen atoms in total. The lowest BCUT2D eigenvalue weighted by atomic mass is 10.1. The second-order valence-electron chi connectivity index (χ2n) is 7.73. The van der Waals surface area contributed by atoms with Crippen LogP contribution in [-0.2, 0) is 6.61 Å². The maximum atomic E-state index is 12.9. The van der Waals surface area contributed by atoms with Crippen molar-refractivity contribution in [1.29, 1.82) is 0 Å². The molecule has 3 aromatic rings. The third-order valence-corrected chi connectivity index (χ3v) is 6.04. The Kier molecular flexibility index (Phi) is 7.35. The summed E-state index contributed by atoms with van der Waals surface area (Å²) >= 11 is 6.20. The summed E-state index contributed by atoms with van der Waals surface area (Å²) < 4.78 is 17.0. The third kappa shape index (κ3) is 5.26. The summed E-state index contributed by atoms with van der Waals surface area (Å²) in [6.45, 7) is 2.79. The van der Waals surface area contributed by atoms with Crippen molar-refractivity contribution in [2.45, 2.75) is 25.5 Å². The lowest BCUT2D eigenvalue weighted by molar-refractivity contribution is 0.0933. The van der Waals surface area contributed by atoms with Crippen molar-refractivity contribution in [3.63, 3.8) is 0 Å². The molecule has 1 atom stereocenters. The first-order valence-electron chi connectivity index (χ1n) is 10.8. The van der Waals surface area contributed by atoms with Gasteiger partial charge >= 0.3 is 0 Å². The van der Waals surface area contributed by atoms with Crippen molar-refractivity contribution in [3.8, 4) is 11.5 Å². The highest BCUT2D eigenvalue weighted by molar-refractivity contribution is 6.31. The Hall–Kier alpha value is -2.96. The molecule has 0 aliphatic carbocycles. The largest absolute Gasteiger partial charge is 0.493 e. The maximum Gasteiger partial charge on any atom is 0.251 e. The molecule has 1 aromatic heterocycles. The summed E-state index contributed by atoms with van der Waals surface area (Å²) in [5, 5.41) is 3.69. The first-order chi connectivity index (χ1) is 15.7. The van der Waals surface area contributed by atoms with Gasteiger partial charge in [0.2, 0.25) is 0 Å². The van der Waals surface area contributed by atoms with Crippen molar-refractivity contribution < 1.29 is 18.7 Å². The standard InChI is InChI=1S/C25H27ClN2O4/c1-30-24-15-18(10-11-23(24)32-17-19-7-2-3-8-20(19)26)25(29)27-16-21(22-9-6-14-31-22)28-12-4-5-13-28/h2-3,6-11,14-15,21H,4-5,12-13,16-17H2,1H3,(H,27,29). The zero-order chi connectivity index (χ0) is 22.3. The lowest BCUT2D eigenvalue weighted by Gasteiger charge is -2.26. The van der Waals surface area contributed by atoms with Gasteiger partial charge in [-0.3, -0.25) is 9.69 Å². The summed E-state index contributed by atoms with van der Waals surface area (Å²) in [6, 6.07) is 16.6. The lowest BCUT2D eigenvalue weighted by Crippen LogP contribution is -2.36. The molecule has 1 aliphatic rings. The maximum absolute atomic E-state index is 12.9. The Labute approximate surface area is 193 Å². The molecule has 0 saturated carbocycles. The first-order valence-corrected chi connectivity index (χ1v) is 11.1. The summed E-state index contributed by atoms with van der Waals surface area (Å²) in [5.41, 5.74) is 1.38. The minimum absolute atomic E-state index is 0.0246. The number of rotatable bonds is 9. The van der Waals surface area contributed by atoms with Gasteiger partial charge in [0.1, 0.15) is 12.4 Å². The highest BCUT2D eigenvalue weighted by Gasteiger charge is 2.26. The fourth-order valence-electron chi connectivity index (χ4n) is 3.93. The number of nitrogens with zero attached hydrogens (tertiary/aromatic N) is 1. The SMILES string of the molecule is COc1cc(C(=O)NCC(c2ccco2)N2CCCC2)ccc1OCc1ccccc1Cl. The van der Waals surface area contributed by atoms with Crippen LogP contribution in [0.15, 0.2) is 65.3 Å². The average molecular weight is 455 g/mol. The second kappa shape index (κ2) is 10.6. The molecule has 4 rings (SSSR count). The quantitative estimate of drug-likeness (QED) is 0.488. The predicted molar refractivity (Wildman–Crippen MR) is 123 cm³/mol. The van der Waals surface area contributed by atoms with Crippen LogP contribution in [0.1, 0.15) is 40.6 Å². The van der Waals surface area contributed by atoms with Gasteiger partial charge in [0.15, 0.2) is 11.5 Å². The van der Waals surface area contributed by atoms with Crippen LogP contribution < -0.4 is 14.8 Å². The van der Waals surface area contributed by atoms with Crippen LogP contribution in [0.25, 0.3) is 0 Å². The van der Waals surface area contributed by atoms with Crippen molar-refractivity contribution in [3.05, 3.63) is 82.8 Å². The summed E-state index contributed by atoms with van der Waals surface area (Å²) in [5.74, 6) is 1.74. The molecular formula is C25H27ClN2O4. The van der Waals surface area contributed by atoms with E-state index in [1.54, 1.807) is 31.6 Å². The van der Waals surface area contributed by atoms with Crippen molar-refractivity contribution >= 4 is 17.5 Å². The van der Waals surface area contributed by atoms with E-state index in [0.717, 1.165) is 37.3 Å². The number of nitrogens with one attached hydrogen (secondary N) is 1. The van der Waals surface area contributed by atoms with E-state index in [2.05, 4.69) is 10.2 Å². The summed E-state index contributed by atoms with van der Waals surface area (Å²) in [7, 11) is 1.56. The Bertz CT molecular complexity index is 1030. The minimum Gasteiger partial charge on any atom is -0.493 e. The molecule has 7 heteroatoms. The second-order valence-corrected chi connectivity index (χ2v) is 8.14. The molecule has 0 bridgehead atoms. The Morgan fingerprint density at radius 3 is 2.66 bits per heavy atom. The van der Waals surface area contributed by atoms with Crippen LogP contribution in [0, 0.1) is 0 Å². The number of furan rings is 1. The number of benzene rings is 2. The van der Waals surface area contributed by atoms with Gasteiger partial charge in [-0.15, -0.1) is 0 Å². The normalized spacial score (nSPS) is 14.8. The van der Waals surface area contributed by atoms with E-state index in [1.165, 1.54) is 0 Å². The number of halogens is 1. The van der Waals surface area contributed by atoms with Crippen molar-refractivity contribution in [2.24, 2.45) is 0 Å². The first kappa shape index (κ1) is 22.2. The molecule has 1 N–H and O–H groups in total. The van der Waals surface area contributed by atoms with Crippen LogP contribution >= 0.6 is 11.6 Å². The van der Waals surface area contributed by atoms with E-state index in [-0.39, 0.29) is 11.9 Å². The molecule has 2 aromatic carbocycles. The van der Waals surface area contributed by atoms with Crippen LogP contribution in [0.3, 0.4) is 0 Å². The highest BCUT2D eigenvalue weighted by Crippen LogP contribution is 2.30. The topological polar surface area (TPSA) is 63.9 Å². The molecule has 1 aliphatic heterocycles. The molecule has 0 spiro atoms. The van der Waals surface area contributed by atoms with Gasteiger partial charge in [0, 0.05) is 22.7 Å². The van der Waals surface area contributed by atoms with Gasteiger partial charge in [-0.05, 0) is 62.3 Å². The van der Waals surface area contributed by atoms with Gasteiger partial charge in [-0.1, -0.05) is 29.8 Å². The zero-order valence-electron chi connectivity index (χ0n) is 18.1. The van der Waals surface area contributed by atoms with Crippen LogP contribution in [-0.4, -0.2) is 37.6 Å². The smallest absolute Gasteiger partial charge is 0.251 e. The third-order valence-electron chi connectivity index (χ3n) is 5.68. The van der Waals surface area contributed by atoms with Gasteiger partial charge in [-0.25, -0.2) is 0 Å². The van der Waals surface area contributed by atoms with E-state index < -0.39 is 0 Å². The number of carbonyl (C=O) groups excluding carboxylic acids is 1. The minimum atomic E-state index is -0.170. The molecule has 168 valence electrons. The van der Waals surface area contributed by atoms with Gasteiger partial charge in [0.25, 0.3) is 5.91 Å². The Morgan fingerprint density at radius 2 is 1.94 bits per heavy atom. The van der Waals surface area contributed by atoms with Gasteiger partial charge in [-0.2, -0.15) is 0 Å². The number of methoxy groups -OCH3 is 1. The zero-order valence-corrected chi connectivity index (χ0v) is 18.8. The van der Waals surface area contributed by atoms with Crippen LogP contribution in [0.2, 0.25) is 5.02 Å². The Morgan fingerprint density at radius 1 is 1.12 bits per heavy atom. The van der Waals surface area contributed by atoms with Crippen LogP contribution in [0.5, 0.6) is 11.5 Å². The molecule has 2 heterocycles. The van der Waals surface area contributed by atoms with Crippen molar-refractivity contribution in [2.75, 3.05) is 26.7 Å². The Balaban J connectivity index is 1.41. The molecule has 32 heavy (non-hydrogen) atoms. The average Bonchev–Trinajstić information content (AvgIpc) is 3.54. The predicted octanol–water partition coefficient (Wildman–Crippen LogP) is 5.09. The van der Waals surface area contributed by atoms with Crippen molar-refractivity contribution in [1.82, 2.24) is 10.2 Å². The number of amides is 1. The van der Waals surface area contributed by atoms with E-state index in [0.29, 0.717) is 35.2 Å². The number of hydrogen-bond acceptors (Lipinski definition) is 5. The monoisotopic (exact) mass is 454 g/mol.